The number of ether oxygens (including phenoxy) is 1. The molecule has 16 heavy (non-hydrogen) atoms. The summed E-state index contributed by atoms with van der Waals surface area (Å²) in [6.45, 7) is 4.09. The van der Waals surface area contributed by atoms with Crippen LogP contribution < -0.4 is 5.32 Å². The van der Waals surface area contributed by atoms with Crippen LogP contribution in [-0.4, -0.2) is 47.6 Å². The number of rotatable bonds is 4. The predicted octanol–water partition coefficient (Wildman–Crippen LogP) is -0.123. The van der Waals surface area contributed by atoms with Gasteiger partial charge in [0.15, 0.2) is 0 Å². The molecule has 1 aliphatic rings. The van der Waals surface area contributed by atoms with E-state index in [1.807, 2.05) is 0 Å². The van der Waals surface area contributed by atoms with Crippen molar-refractivity contribution in [3.05, 3.63) is 18.2 Å². The molecule has 1 fully saturated rings. The standard InChI is InChI=1S/C10H14N4O2/c15-8-13-9-5-11-10(12-6-9)7-14-1-3-16-4-2-14/h5-6,8H,1-4,7H2,(H,13,15). The Morgan fingerprint density at radius 3 is 2.69 bits per heavy atom. The van der Waals surface area contributed by atoms with Gasteiger partial charge in [0.1, 0.15) is 5.82 Å². The van der Waals surface area contributed by atoms with Crippen molar-refractivity contribution in [1.29, 1.82) is 0 Å². The molecule has 1 aromatic rings. The molecule has 0 unspecified atom stereocenters. The monoisotopic (exact) mass is 222 g/mol. The lowest BCUT2D eigenvalue weighted by Gasteiger charge is -2.25. The van der Waals surface area contributed by atoms with Crippen LogP contribution in [0.15, 0.2) is 12.4 Å². The van der Waals surface area contributed by atoms with Crippen LogP contribution >= 0.6 is 0 Å². The number of hydrogen-bond donors (Lipinski definition) is 1. The van der Waals surface area contributed by atoms with Gasteiger partial charge in [0.05, 0.1) is 37.8 Å². The third-order valence-electron chi connectivity index (χ3n) is 2.40. The molecule has 2 heterocycles. The van der Waals surface area contributed by atoms with E-state index in [9.17, 15) is 4.79 Å². The average molecular weight is 222 g/mol. The first-order chi connectivity index (χ1) is 7.88. The molecule has 0 saturated carbocycles. The fourth-order valence-corrected chi connectivity index (χ4v) is 1.54. The Bertz CT molecular complexity index is 335. The van der Waals surface area contributed by atoms with E-state index in [4.69, 9.17) is 4.74 Å². The fraction of sp³-hybridized carbons (Fsp3) is 0.500. The topological polar surface area (TPSA) is 67.4 Å². The van der Waals surface area contributed by atoms with Gasteiger partial charge in [-0.05, 0) is 0 Å². The molecule has 6 heteroatoms. The largest absolute Gasteiger partial charge is 0.379 e. The summed E-state index contributed by atoms with van der Waals surface area (Å²) < 4.78 is 5.26. The van der Waals surface area contributed by atoms with Crippen LogP contribution in [0.3, 0.4) is 0 Å². The zero-order valence-corrected chi connectivity index (χ0v) is 8.93. The van der Waals surface area contributed by atoms with Crippen LogP contribution in [-0.2, 0) is 16.1 Å². The molecule has 0 aromatic carbocycles. The molecular weight excluding hydrogens is 208 g/mol. The summed E-state index contributed by atoms with van der Waals surface area (Å²) in [4.78, 5) is 20.8. The number of carbonyl (C=O) groups is 1. The first kappa shape index (κ1) is 11.0. The number of nitrogens with zero attached hydrogens (tertiary/aromatic N) is 3. The molecule has 1 aliphatic heterocycles. The smallest absolute Gasteiger partial charge is 0.211 e. The maximum atomic E-state index is 10.2. The molecule has 0 bridgehead atoms. The number of hydrogen-bond acceptors (Lipinski definition) is 5. The fourth-order valence-electron chi connectivity index (χ4n) is 1.54. The first-order valence-corrected chi connectivity index (χ1v) is 5.19. The Kier molecular flexibility index (Phi) is 3.79. The molecule has 0 aliphatic carbocycles. The van der Waals surface area contributed by atoms with E-state index in [2.05, 4.69) is 20.2 Å². The minimum absolute atomic E-state index is 0.611. The summed E-state index contributed by atoms with van der Waals surface area (Å²) in [6, 6.07) is 0. The molecule has 1 aromatic heterocycles. The lowest BCUT2D eigenvalue weighted by atomic mass is 10.4. The Hall–Kier alpha value is -1.53. The maximum absolute atomic E-state index is 10.2. The minimum atomic E-state index is 0.611. The second-order valence-electron chi connectivity index (χ2n) is 3.54. The van der Waals surface area contributed by atoms with Crippen molar-refractivity contribution < 1.29 is 9.53 Å². The summed E-state index contributed by atoms with van der Waals surface area (Å²) in [5, 5.41) is 2.50. The molecule has 1 amide bonds. The van der Waals surface area contributed by atoms with Crippen LogP contribution in [0.1, 0.15) is 5.82 Å². The van der Waals surface area contributed by atoms with E-state index in [-0.39, 0.29) is 0 Å². The molecule has 0 atom stereocenters. The van der Waals surface area contributed by atoms with E-state index in [0.29, 0.717) is 12.1 Å². The average Bonchev–Trinajstić information content (AvgIpc) is 2.33. The Morgan fingerprint density at radius 1 is 1.38 bits per heavy atom. The number of nitrogens with one attached hydrogen (secondary N) is 1. The Balaban J connectivity index is 1.90. The summed E-state index contributed by atoms with van der Waals surface area (Å²) in [5.74, 6) is 0.762. The van der Waals surface area contributed by atoms with E-state index < -0.39 is 0 Å². The molecule has 0 radical (unpaired) electrons. The molecule has 1 saturated heterocycles. The SMILES string of the molecule is O=CNc1cnc(CN2CCOCC2)nc1. The molecular formula is C10H14N4O2. The van der Waals surface area contributed by atoms with Crippen molar-refractivity contribution >= 4 is 12.1 Å². The number of aromatic nitrogens is 2. The van der Waals surface area contributed by atoms with Crippen LogP contribution in [0, 0.1) is 0 Å². The van der Waals surface area contributed by atoms with Gasteiger partial charge in [-0.15, -0.1) is 0 Å². The lowest BCUT2D eigenvalue weighted by molar-refractivity contribution is -0.105. The van der Waals surface area contributed by atoms with Crippen molar-refractivity contribution in [2.45, 2.75) is 6.54 Å². The van der Waals surface area contributed by atoms with Crippen LogP contribution in [0.4, 0.5) is 5.69 Å². The van der Waals surface area contributed by atoms with Gasteiger partial charge in [0.25, 0.3) is 0 Å². The van der Waals surface area contributed by atoms with Gasteiger partial charge in [-0.2, -0.15) is 0 Å². The Labute approximate surface area is 93.6 Å². The quantitative estimate of drug-likeness (QED) is 0.719. The van der Waals surface area contributed by atoms with Gasteiger partial charge in [0.2, 0.25) is 6.41 Å². The highest BCUT2D eigenvalue weighted by atomic mass is 16.5. The van der Waals surface area contributed by atoms with E-state index >= 15 is 0 Å². The minimum Gasteiger partial charge on any atom is -0.379 e. The maximum Gasteiger partial charge on any atom is 0.211 e. The lowest BCUT2D eigenvalue weighted by Crippen LogP contribution is -2.36. The Morgan fingerprint density at radius 2 is 2.06 bits per heavy atom. The molecule has 6 nitrogen and oxygen atoms in total. The van der Waals surface area contributed by atoms with Crippen LogP contribution in [0.2, 0.25) is 0 Å². The third-order valence-corrected chi connectivity index (χ3v) is 2.40. The zero-order valence-electron chi connectivity index (χ0n) is 8.93. The van der Waals surface area contributed by atoms with Crippen molar-refractivity contribution in [3.8, 4) is 0 Å². The van der Waals surface area contributed by atoms with Crippen molar-refractivity contribution in [3.63, 3.8) is 0 Å². The first-order valence-electron chi connectivity index (χ1n) is 5.19. The number of morpholine rings is 1. The van der Waals surface area contributed by atoms with Crippen molar-refractivity contribution in [1.82, 2.24) is 14.9 Å². The summed E-state index contributed by atoms with van der Waals surface area (Å²) in [5.41, 5.74) is 0.612. The van der Waals surface area contributed by atoms with Crippen molar-refractivity contribution in [2.75, 3.05) is 31.6 Å². The van der Waals surface area contributed by atoms with E-state index in [0.717, 1.165) is 38.7 Å². The van der Waals surface area contributed by atoms with Gasteiger partial charge in [-0.25, -0.2) is 9.97 Å². The highest BCUT2D eigenvalue weighted by Crippen LogP contribution is 2.05. The molecule has 86 valence electrons. The molecule has 0 spiro atoms. The van der Waals surface area contributed by atoms with Crippen LogP contribution in [0.5, 0.6) is 0 Å². The summed E-state index contributed by atoms with van der Waals surface area (Å²) in [7, 11) is 0. The predicted molar refractivity (Wildman–Crippen MR) is 57.8 cm³/mol. The number of carbonyl (C=O) groups excluding carboxylic acids is 1. The highest BCUT2D eigenvalue weighted by Gasteiger charge is 2.11. The molecule has 2 rings (SSSR count). The van der Waals surface area contributed by atoms with Gasteiger partial charge in [-0.3, -0.25) is 9.69 Å². The van der Waals surface area contributed by atoms with Gasteiger partial charge >= 0.3 is 0 Å². The zero-order chi connectivity index (χ0) is 11.2. The second-order valence-corrected chi connectivity index (χ2v) is 3.54. The highest BCUT2D eigenvalue weighted by molar-refractivity contribution is 5.69. The summed E-state index contributed by atoms with van der Waals surface area (Å²) in [6.07, 6.45) is 3.83. The third kappa shape index (κ3) is 2.98. The molecule has 1 N–H and O–H groups in total. The van der Waals surface area contributed by atoms with E-state index in [1.54, 1.807) is 12.4 Å². The number of amides is 1. The second kappa shape index (κ2) is 5.53. The van der Waals surface area contributed by atoms with Crippen molar-refractivity contribution in [2.24, 2.45) is 0 Å². The normalized spacial score (nSPS) is 17.0. The van der Waals surface area contributed by atoms with Gasteiger partial charge in [0, 0.05) is 13.1 Å². The van der Waals surface area contributed by atoms with Crippen LogP contribution in [0.25, 0.3) is 0 Å². The summed E-state index contributed by atoms with van der Waals surface area (Å²) >= 11 is 0. The van der Waals surface area contributed by atoms with Gasteiger partial charge in [-0.1, -0.05) is 0 Å². The van der Waals surface area contributed by atoms with E-state index in [1.165, 1.54) is 0 Å². The number of anilines is 1. The van der Waals surface area contributed by atoms with Gasteiger partial charge < -0.3 is 10.1 Å².